The van der Waals surface area contributed by atoms with Gasteiger partial charge in [0, 0.05) is 17.8 Å². The summed E-state index contributed by atoms with van der Waals surface area (Å²) in [4.78, 5) is 29.1. The van der Waals surface area contributed by atoms with Crippen molar-refractivity contribution in [1.82, 2.24) is 20.2 Å². The van der Waals surface area contributed by atoms with E-state index < -0.39 is 0 Å². The molecule has 1 aliphatic rings. The van der Waals surface area contributed by atoms with Gasteiger partial charge in [-0.2, -0.15) is 4.80 Å². The van der Waals surface area contributed by atoms with Gasteiger partial charge >= 0.3 is 0 Å². The Hall–Kier alpha value is -3.85. The van der Waals surface area contributed by atoms with E-state index in [0.29, 0.717) is 28.5 Å². The number of fused-ring (bicyclic) bond motifs is 1. The van der Waals surface area contributed by atoms with Crippen molar-refractivity contribution in [2.75, 3.05) is 16.8 Å². The molecule has 32 heavy (non-hydrogen) atoms. The third-order valence-electron chi connectivity index (χ3n) is 5.30. The monoisotopic (exact) mass is 444 g/mol. The minimum atomic E-state index is -0.196. The number of para-hydroxylation sites is 2. The van der Waals surface area contributed by atoms with Gasteiger partial charge in [-0.15, -0.1) is 21.5 Å². The number of aromatic nitrogens is 4. The van der Waals surface area contributed by atoms with E-state index in [2.05, 4.69) is 26.8 Å². The number of rotatable bonds is 5. The zero-order chi connectivity index (χ0) is 21.9. The number of nitrogens with one attached hydrogen (secondary N) is 1. The molecule has 2 amide bonds. The minimum absolute atomic E-state index is 0.00887. The molecule has 0 bridgehead atoms. The summed E-state index contributed by atoms with van der Waals surface area (Å²) in [6.45, 7) is 0.667. The largest absolute Gasteiger partial charge is 0.321 e. The van der Waals surface area contributed by atoms with E-state index in [1.54, 1.807) is 17.0 Å². The summed E-state index contributed by atoms with van der Waals surface area (Å²) >= 11 is 1.37. The Morgan fingerprint density at radius 3 is 2.75 bits per heavy atom. The van der Waals surface area contributed by atoms with Crippen LogP contribution in [0, 0.1) is 0 Å². The molecule has 0 saturated heterocycles. The number of anilines is 2. The molecule has 4 aromatic rings. The molecule has 0 fully saturated rings. The molecule has 2 aromatic heterocycles. The summed E-state index contributed by atoms with van der Waals surface area (Å²) in [7, 11) is 0. The summed E-state index contributed by atoms with van der Waals surface area (Å²) in [6.07, 6.45) is 1.90. The van der Waals surface area contributed by atoms with E-state index in [-0.39, 0.29) is 18.4 Å². The van der Waals surface area contributed by atoms with Crippen molar-refractivity contribution in [2.45, 2.75) is 19.4 Å². The zero-order valence-electron chi connectivity index (χ0n) is 17.1. The van der Waals surface area contributed by atoms with Crippen LogP contribution < -0.4 is 10.2 Å². The molecule has 5 rings (SSSR count). The lowest BCUT2D eigenvalue weighted by molar-refractivity contribution is -0.119. The Balaban J connectivity index is 1.34. The predicted molar refractivity (Wildman–Crippen MR) is 123 cm³/mol. The fourth-order valence-corrected chi connectivity index (χ4v) is 4.41. The second-order valence-electron chi connectivity index (χ2n) is 7.40. The summed E-state index contributed by atoms with van der Waals surface area (Å²) in [5.74, 6) is 0.0677. The van der Waals surface area contributed by atoms with Crippen LogP contribution in [0.4, 0.5) is 11.4 Å². The molecule has 2 aromatic carbocycles. The van der Waals surface area contributed by atoms with Crippen molar-refractivity contribution in [3.63, 3.8) is 0 Å². The van der Waals surface area contributed by atoms with Crippen molar-refractivity contribution >= 4 is 34.5 Å². The van der Waals surface area contributed by atoms with Gasteiger partial charge in [-0.1, -0.05) is 36.4 Å². The smallest absolute Gasteiger partial charge is 0.265 e. The highest BCUT2D eigenvalue weighted by Gasteiger charge is 2.23. The van der Waals surface area contributed by atoms with E-state index >= 15 is 0 Å². The van der Waals surface area contributed by atoms with Crippen molar-refractivity contribution < 1.29 is 9.59 Å². The van der Waals surface area contributed by atoms with Crippen LogP contribution in [0.3, 0.4) is 0 Å². The summed E-state index contributed by atoms with van der Waals surface area (Å²) in [6, 6.07) is 18.8. The maximum atomic E-state index is 13.0. The fourth-order valence-electron chi connectivity index (χ4n) is 3.80. The molecule has 0 atom stereocenters. The van der Waals surface area contributed by atoms with Gasteiger partial charge in [0.05, 0.1) is 10.6 Å². The molecule has 0 spiro atoms. The van der Waals surface area contributed by atoms with Gasteiger partial charge in [-0.05, 0) is 53.3 Å². The van der Waals surface area contributed by atoms with Gasteiger partial charge in [0.1, 0.15) is 6.54 Å². The number of nitrogens with zero attached hydrogens (tertiary/aromatic N) is 5. The Morgan fingerprint density at radius 2 is 1.88 bits per heavy atom. The molecule has 1 N–H and O–H groups in total. The van der Waals surface area contributed by atoms with E-state index in [0.717, 1.165) is 18.5 Å². The quantitative estimate of drug-likeness (QED) is 0.507. The van der Waals surface area contributed by atoms with E-state index in [9.17, 15) is 9.59 Å². The van der Waals surface area contributed by atoms with E-state index in [4.69, 9.17) is 0 Å². The average Bonchev–Trinajstić information content (AvgIpc) is 3.52. The molecular weight excluding hydrogens is 424 g/mol. The van der Waals surface area contributed by atoms with Gasteiger partial charge < -0.3 is 10.2 Å². The van der Waals surface area contributed by atoms with Gasteiger partial charge in [0.15, 0.2) is 0 Å². The minimum Gasteiger partial charge on any atom is -0.321 e. The highest BCUT2D eigenvalue weighted by atomic mass is 32.1. The average molecular weight is 445 g/mol. The number of benzene rings is 2. The van der Waals surface area contributed by atoms with Gasteiger partial charge in [0.25, 0.3) is 11.8 Å². The lowest BCUT2D eigenvalue weighted by atomic mass is 10.0. The number of hydrogen-bond donors (Lipinski definition) is 1. The molecule has 8 nitrogen and oxygen atoms in total. The number of carbonyl (C=O) groups is 2. The molecule has 9 heteroatoms. The molecule has 3 heterocycles. The van der Waals surface area contributed by atoms with Crippen LogP contribution in [0.5, 0.6) is 0 Å². The maximum Gasteiger partial charge on any atom is 0.265 e. The summed E-state index contributed by atoms with van der Waals surface area (Å²) in [5, 5.41) is 17.3. The van der Waals surface area contributed by atoms with Crippen LogP contribution in [-0.4, -0.2) is 38.6 Å². The fraction of sp³-hybridized carbons (Fsp3) is 0.174. The number of amides is 2. The van der Waals surface area contributed by atoms with Gasteiger partial charge in [0.2, 0.25) is 5.82 Å². The van der Waals surface area contributed by atoms with Crippen LogP contribution in [0.2, 0.25) is 0 Å². The third-order valence-corrected chi connectivity index (χ3v) is 6.17. The van der Waals surface area contributed by atoms with Crippen LogP contribution >= 0.6 is 11.3 Å². The number of carbonyl (C=O) groups excluding carboxylic acids is 2. The normalized spacial score (nSPS) is 12.9. The second-order valence-corrected chi connectivity index (χ2v) is 8.35. The summed E-state index contributed by atoms with van der Waals surface area (Å²) < 4.78 is 0. The first-order valence-corrected chi connectivity index (χ1v) is 11.2. The topological polar surface area (TPSA) is 93.0 Å². The van der Waals surface area contributed by atoms with E-state index in [1.165, 1.54) is 21.7 Å². The Labute approximate surface area is 188 Å². The molecule has 160 valence electrons. The first-order chi connectivity index (χ1) is 15.7. The van der Waals surface area contributed by atoms with Gasteiger partial charge in [-0.25, -0.2) is 0 Å². The first-order valence-electron chi connectivity index (χ1n) is 10.3. The highest BCUT2D eigenvalue weighted by Crippen LogP contribution is 2.27. The van der Waals surface area contributed by atoms with Crippen molar-refractivity contribution in [2.24, 2.45) is 0 Å². The number of tetrazole rings is 1. The Bertz CT molecular complexity index is 1270. The Morgan fingerprint density at radius 1 is 1.03 bits per heavy atom. The van der Waals surface area contributed by atoms with Crippen LogP contribution in [-0.2, 0) is 17.8 Å². The van der Waals surface area contributed by atoms with Crippen molar-refractivity contribution in [3.05, 3.63) is 76.5 Å². The molecule has 0 unspecified atom stereocenters. The highest BCUT2D eigenvalue weighted by molar-refractivity contribution is 7.12. The van der Waals surface area contributed by atoms with Crippen LogP contribution in [0.15, 0.2) is 66.0 Å². The Kier molecular flexibility index (Phi) is 5.47. The third kappa shape index (κ3) is 4.02. The zero-order valence-corrected chi connectivity index (χ0v) is 18.0. The summed E-state index contributed by atoms with van der Waals surface area (Å²) in [5.41, 5.74) is 3.35. The molecule has 0 aliphatic carbocycles. The van der Waals surface area contributed by atoms with Crippen molar-refractivity contribution in [3.8, 4) is 11.4 Å². The van der Waals surface area contributed by atoms with Gasteiger partial charge in [-0.3, -0.25) is 9.59 Å². The lowest BCUT2D eigenvalue weighted by Gasteiger charge is -2.29. The number of thiophene rings is 1. The number of hydrogen-bond acceptors (Lipinski definition) is 6. The number of aryl methyl sites for hydroxylation is 1. The first kappa shape index (κ1) is 20.1. The predicted octanol–water partition coefficient (Wildman–Crippen LogP) is 3.63. The van der Waals surface area contributed by atoms with Crippen LogP contribution in [0.1, 0.15) is 21.7 Å². The molecule has 0 saturated carbocycles. The lowest BCUT2D eigenvalue weighted by Crippen LogP contribution is -2.38. The van der Waals surface area contributed by atoms with Crippen LogP contribution in [0.25, 0.3) is 11.4 Å². The maximum absolute atomic E-state index is 13.0. The molecular formula is C23H20N6O2S. The second kappa shape index (κ2) is 8.72. The van der Waals surface area contributed by atoms with Crippen molar-refractivity contribution in [1.29, 1.82) is 0 Å². The molecule has 0 radical (unpaired) electrons. The van der Waals surface area contributed by atoms with E-state index in [1.807, 2.05) is 47.8 Å². The standard InChI is InChI=1S/C23H20N6O2S/c30-21(28-13-5-8-16-7-1-4-11-19(16)28)15-29-26-22(25-27-29)17-9-2-3-10-18(17)24-23(31)20-12-6-14-32-20/h1-4,6-7,9-12,14H,5,8,13,15H2,(H,24,31). The molecule has 1 aliphatic heterocycles. The SMILES string of the molecule is O=C(Nc1ccccc1-c1nnn(CC(=O)N2CCCc3ccccc32)n1)c1cccs1.